The third-order valence-electron chi connectivity index (χ3n) is 6.88. The Kier molecular flexibility index (Phi) is 2.95. The zero-order chi connectivity index (χ0) is 15.4. The second kappa shape index (κ2) is 4.93. The Labute approximate surface area is 139 Å². The van der Waals surface area contributed by atoms with Crippen molar-refractivity contribution in [2.45, 2.75) is 50.9 Å². The van der Waals surface area contributed by atoms with E-state index in [1.807, 2.05) is 12.4 Å². The molecule has 4 aliphatic rings. The van der Waals surface area contributed by atoms with Crippen LogP contribution in [0, 0.1) is 24.7 Å². The van der Waals surface area contributed by atoms with Crippen molar-refractivity contribution >= 4 is 0 Å². The maximum absolute atomic E-state index is 4.18. The Morgan fingerprint density at radius 3 is 2.09 bits per heavy atom. The predicted molar refractivity (Wildman–Crippen MR) is 94.3 cm³/mol. The summed E-state index contributed by atoms with van der Waals surface area (Å²) in [5.74, 6) is 3.02. The Bertz CT molecular complexity index is 696. The molecule has 1 nitrogen and oxygen atoms in total. The second-order valence-electron chi connectivity index (χ2n) is 8.46. The summed E-state index contributed by atoms with van der Waals surface area (Å²) in [5.41, 5.74) is 6.20. The first-order valence-electron chi connectivity index (χ1n) is 9.23. The van der Waals surface area contributed by atoms with Gasteiger partial charge in [0.2, 0.25) is 0 Å². The molecule has 0 aliphatic heterocycles. The first kappa shape index (κ1) is 13.8. The van der Waals surface area contributed by atoms with E-state index in [1.54, 1.807) is 5.56 Å². The summed E-state index contributed by atoms with van der Waals surface area (Å²) < 4.78 is 0. The van der Waals surface area contributed by atoms with Crippen LogP contribution in [0.4, 0.5) is 0 Å². The van der Waals surface area contributed by atoms with E-state index in [2.05, 4.69) is 42.2 Å². The number of hydrogen-bond acceptors (Lipinski definition) is 1. The van der Waals surface area contributed by atoms with Crippen molar-refractivity contribution in [3.63, 3.8) is 0 Å². The number of benzene rings is 1. The Morgan fingerprint density at radius 1 is 0.870 bits per heavy atom. The van der Waals surface area contributed by atoms with Crippen molar-refractivity contribution in [2.75, 3.05) is 0 Å². The minimum Gasteiger partial charge on any atom is -0.265 e. The van der Waals surface area contributed by atoms with Gasteiger partial charge < -0.3 is 0 Å². The van der Waals surface area contributed by atoms with Crippen molar-refractivity contribution in [2.24, 2.45) is 17.8 Å². The van der Waals surface area contributed by atoms with Crippen LogP contribution in [-0.2, 0) is 5.41 Å². The van der Waals surface area contributed by atoms with E-state index in [4.69, 9.17) is 0 Å². The van der Waals surface area contributed by atoms with Gasteiger partial charge in [0.15, 0.2) is 0 Å². The number of hydrogen-bond donors (Lipinski definition) is 0. The summed E-state index contributed by atoms with van der Waals surface area (Å²) in [6.45, 7) is 2.24. The van der Waals surface area contributed by atoms with Gasteiger partial charge in [0.25, 0.3) is 0 Å². The van der Waals surface area contributed by atoms with Gasteiger partial charge in [0.05, 0.1) is 0 Å². The Hall–Kier alpha value is -1.63. The molecule has 4 saturated carbocycles. The molecule has 0 atom stereocenters. The summed E-state index contributed by atoms with van der Waals surface area (Å²) in [4.78, 5) is 4.18. The zero-order valence-corrected chi connectivity index (χ0v) is 14.0. The molecule has 23 heavy (non-hydrogen) atoms. The van der Waals surface area contributed by atoms with Crippen molar-refractivity contribution < 1.29 is 0 Å². The summed E-state index contributed by atoms with van der Waals surface area (Å²) in [6.07, 6.45) is 12.7. The van der Waals surface area contributed by atoms with Crippen molar-refractivity contribution in [1.82, 2.24) is 4.98 Å². The number of rotatable bonds is 2. The average molecular weight is 303 g/mol. The largest absolute Gasteiger partial charge is 0.265 e. The SMILES string of the molecule is Cc1ccc(C23CC4CC(CC(C4)C2)C3)cc1-c1ccncc1. The first-order valence-corrected chi connectivity index (χ1v) is 9.23. The van der Waals surface area contributed by atoms with Gasteiger partial charge in [0, 0.05) is 12.4 Å². The van der Waals surface area contributed by atoms with Gasteiger partial charge in [-0.15, -0.1) is 0 Å². The van der Waals surface area contributed by atoms with Crippen LogP contribution in [-0.4, -0.2) is 4.98 Å². The molecule has 6 rings (SSSR count). The highest BCUT2D eigenvalue weighted by molar-refractivity contribution is 5.68. The number of aromatic nitrogens is 1. The van der Waals surface area contributed by atoms with E-state index >= 15 is 0 Å². The molecule has 2 aromatic rings. The molecule has 4 aliphatic carbocycles. The van der Waals surface area contributed by atoms with Gasteiger partial charge in [-0.2, -0.15) is 0 Å². The highest BCUT2D eigenvalue weighted by Crippen LogP contribution is 2.60. The Balaban J connectivity index is 1.59. The summed E-state index contributed by atoms with van der Waals surface area (Å²) in [5, 5.41) is 0. The molecule has 1 aromatic heterocycles. The lowest BCUT2D eigenvalue weighted by Gasteiger charge is -2.57. The lowest BCUT2D eigenvalue weighted by molar-refractivity contribution is -0.00517. The maximum atomic E-state index is 4.18. The fourth-order valence-electron chi connectivity index (χ4n) is 6.26. The molecule has 4 bridgehead atoms. The fraction of sp³-hybridized carbons (Fsp3) is 0.500. The van der Waals surface area contributed by atoms with E-state index in [0.717, 1.165) is 17.8 Å². The summed E-state index contributed by atoms with van der Waals surface area (Å²) in [6, 6.07) is 11.6. The normalized spacial score (nSPS) is 34.7. The van der Waals surface area contributed by atoms with Crippen LogP contribution in [0.2, 0.25) is 0 Å². The molecule has 1 heterocycles. The highest BCUT2D eigenvalue weighted by atomic mass is 14.6. The molecule has 1 heteroatoms. The maximum Gasteiger partial charge on any atom is 0.0273 e. The minimum absolute atomic E-state index is 0.490. The molecule has 0 saturated heterocycles. The van der Waals surface area contributed by atoms with Crippen LogP contribution < -0.4 is 0 Å². The smallest absolute Gasteiger partial charge is 0.0273 e. The third-order valence-corrected chi connectivity index (χ3v) is 6.88. The van der Waals surface area contributed by atoms with Crippen molar-refractivity contribution in [1.29, 1.82) is 0 Å². The van der Waals surface area contributed by atoms with E-state index < -0.39 is 0 Å². The minimum atomic E-state index is 0.490. The van der Waals surface area contributed by atoms with Crippen molar-refractivity contribution in [3.05, 3.63) is 53.9 Å². The summed E-state index contributed by atoms with van der Waals surface area (Å²) >= 11 is 0. The van der Waals surface area contributed by atoms with Gasteiger partial charge in [0.1, 0.15) is 0 Å². The van der Waals surface area contributed by atoms with Gasteiger partial charge >= 0.3 is 0 Å². The van der Waals surface area contributed by atoms with Crippen LogP contribution in [0.25, 0.3) is 11.1 Å². The third kappa shape index (κ3) is 2.16. The molecule has 4 fully saturated rings. The van der Waals surface area contributed by atoms with E-state index in [0.29, 0.717) is 5.41 Å². The molecule has 0 N–H and O–H groups in total. The monoisotopic (exact) mass is 303 g/mol. The zero-order valence-electron chi connectivity index (χ0n) is 14.0. The quantitative estimate of drug-likeness (QED) is 0.711. The molecule has 118 valence electrons. The van der Waals surface area contributed by atoms with Crippen LogP contribution >= 0.6 is 0 Å². The molecular formula is C22H25N. The van der Waals surface area contributed by atoms with Gasteiger partial charge in [-0.25, -0.2) is 0 Å². The standard InChI is InChI=1S/C22H25N/c1-15-2-3-20(11-21(15)19-4-6-23-7-5-19)22-12-16-8-17(13-22)10-18(9-16)14-22/h2-7,11,16-18H,8-10,12-14H2,1H3. The van der Waals surface area contributed by atoms with Gasteiger partial charge in [-0.05, 0) is 103 Å². The summed E-state index contributed by atoms with van der Waals surface area (Å²) in [7, 11) is 0. The van der Waals surface area contributed by atoms with Gasteiger partial charge in [-0.3, -0.25) is 4.98 Å². The first-order chi connectivity index (χ1) is 11.2. The van der Waals surface area contributed by atoms with Crippen LogP contribution in [0.15, 0.2) is 42.7 Å². The average Bonchev–Trinajstić information content (AvgIpc) is 2.55. The van der Waals surface area contributed by atoms with Crippen LogP contribution in [0.5, 0.6) is 0 Å². The molecular weight excluding hydrogens is 278 g/mol. The number of aryl methyl sites for hydroxylation is 1. The van der Waals surface area contributed by atoms with Crippen LogP contribution in [0.1, 0.15) is 49.7 Å². The second-order valence-corrected chi connectivity index (χ2v) is 8.46. The lowest BCUT2D eigenvalue weighted by atomic mass is 9.48. The molecule has 1 aromatic carbocycles. The molecule has 0 amide bonds. The molecule has 0 unspecified atom stereocenters. The highest BCUT2D eigenvalue weighted by Gasteiger charge is 2.51. The topological polar surface area (TPSA) is 12.9 Å². The molecule has 0 radical (unpaired) electrons. The molecule has 0 spiro atoms. The van der Waals surface area contributed by atoms with E-state index in [9.17, 15) is 0 Å². The van der Waals surface area contributed by atoms with E-state index in [1.165, 1.54) is 55.2 Å². The van der Waals surface area contributed by atoms with E-state index in [-0.39, 0.29) is 0 Å². The fourth-order valence-corrected chi connectivity index (χ4v) is 6.26. The lowest BCUT2D eigenvalue weighted by Crippen LogP contribution is -2.48. The number of nitrogens with zero attached hydrogens (tertiary/aromatic N) is 1. The predicted octanol–water partition coefficient (Wildman–Crippen LogP) is 5.52. The van der Waals surface area contributed by atoms with Gasteiger partial charge in [-0.1, -0.05) is 18.2 Å². The number of pyridine rings is 1. The van der Waals surface area contributed by atoms with Crippen LogP contribution in [0.3, 0.4) is 0 Å². The Morgan fingerprint density at radius 2 is 1.48 bits per heavy atom. The van der Waals surface area contributed by atoms with Crippen molar-refractivity contribution in [3.8, 4) is 11.1 Å².